The minimum atomic E-state index is -4.43. The van der Waals surface area contributed by atoms with E-state index >= 15 is 0 Å². The molecule has 3 aliphatic rings. The Hall–Kier alpha value is -3.16. The molecule has 27 heteroatoms. The van der Waals surface area contributed by atoms with Crippen LogP contribution in [0.2, 0.25) is 0 Å². The van der Waals surface area contributed by atoms with Gasteiger partial charge >= 0.3 is 19.7 Å². The summed E-state index contributed by atoms with van der Waals surface area (Å²) < 4.78 is 62.8. The van der Waals surface area contributed by atoms with Crippen molar-refractivity contribution >= 4 is 77.7 Å². The van der Waals surface area contributed by atoms with Gasteiger partial charge in [-0.15, -0.1) is 0 Å². The zero-order valence-corrected chi connectivity index (χ0v) is 29.7. The molecule has 7 N–H and O–H groups in total. The predicted octanol–water partition coefficient (Wildman–Crippen LogP) is -0.201. The van der Waals surface area contributed by atoms with Crippen molar-refractivity contribution in [3.8, 4) is 0 Å². The molecule has 3 fully saturated rings. The number of hydrogen-bond donors (Lipinski definition) is 6. The number of nitrogen functional groups attached to an aromatic ring is 2. The van der Waals surface area contributed by atoms with Crippen LogP contribution in [0.15, 0.2) is 25.3 Å². The van der Waals surface area contributed by atoms with Crippen LogP contribution in [-0.2, 0) is 53.4 Å². The smallest absolute Gasteiger partial charge is 0.433 e. The van der Waals surface area contributed by atoms with Crippen molar-refractivity contribution in [2.75, 3.05) is 44.9 Å². The van der Waals surface area contributed by atoms with E-state index in [-0.39, 0.29) is 40.6 Å². The highest BCUT2D eigenvalue weighted by Gasteiger charge is 2.55. The fraction of sp³-hybridized carbons (Fsp3) is 0.542. The van der Waals surface area contributed by atoms with Gasteiger partial charge in [0.15, 0.2) is 41.5 Å². The molecule has 3 saturated heterocycles. The van der Waals surface area contributed by atoms with E-state index in [1.54, 1.807) is 7.05 Å². The molecule has 0 saturated carbocycles. The Bertz CT molecular complexity index is 2030. The summed E-state index contributed by atoms with van der Waals surface area (Å²) >= 11 is 9.52. The van der Waals surface area contributed by atoms with Gasteiger partial charge < -0.3 is 50.3 Å². The summed E-state index contributed by atoms with van der Waals surface area (Å²) in [6.07, 6.45) is -7.00. The number of anilines is 2. The molecule has 276 valence electrons. The fourth-order valence-electron chi connectivity index (χ4n) is 5.71. The largest absolute Gasteiger partial charge is 0.508 e. The molecule has 7 heterocycles. The number of rotatable bonds is 6. The van der Waals surface area contributed by atoms with Crippen LogP contribution in [0.5, 0.6) is 0 Å². The molecule has 4 aromatic rings. The molecule has 51 heavy (non-hydrogen) atoms. The normalized spacial score (nSPS) is 34.4. The number of likely N-dealkylation sites (N-methyl/N-ethyl adjacent to an activating group) is 1. The average molecular weight is 792 g/mol. The van der Waals surface area contributed by atoms with Crippen LogP contribution in [0.25, 0.3) is 22.3 Å². The van der Waals surface area contributed by atoms with Crippen molar-refractivity contribution in [1.29, 1.82) is 0 Å². The first-order valence-electron chi connectivity index (χ1n) is 15.0. The SMILES string of the molecule is CNCCOC(=O)O[C@@H]1[C@@H]2OP(=O)(S)OC[C@H]3O[C@@H](n4cnc5c(N)ncnc54)[C@H](OP(O)(=S)OC[C@H]2O[C@H]1n1cnc2c(N)ncnc21)[C@@H]3O. The Morgan fingerprint density at radius 3 is 2.24 bits per heavy atom. The standard InChI is InChI=1S/C24H31N11O12P2S2/c1-27-2-3-40-24(37)45-17-15-11(44-23(17)35-9-33-13-19(26)29-7-31-21(13)35)5-42-49(39,51)47-16-14(36)10(4-41-48(38,50)46-15)43-22(16)34-8-32-12-18(25)28-6-30-20(12)34/h6-11,14-17,22-23,27,36H,2-5H2,1H3,(H,38,50)(H,39,51)(H2,25,28,30)(H2,26,29,31)/t10-,11-,14-,15-,16-,17-,22-,23-,48?,49?/m1/s1. The van der Waals surface area contributed by atoms with Crippen molar-refractivity contribution in [2.45, 2.75) is 49.1 Å². The quantitative estimate of drug-likeness (QED) is 0.0637. The number of hydrogen-bond acceptors (Lipinski definition) is 21. The van der Waals surface area contributed by atoms with Gasteiger partial charge in [0.25, 0.3) is 0 Å². The number of aliphatic hydroxyl groups excluding tert-OH is 1. The van der Waals surface area contributed by atoms with Gasteiger partial charge in [0.2, 0.25) is 0 Å². The third-order valence-electron chi connectivity index (χ3n) is 8.04. The topological polar surface area (TPSA) is 300 Å². The van der Waals surface area contributed by atoms with Crippen LogP contribution >= 0.6 is 25.8 Å². The molecule has 0 amide bonds. The predicted molar refractivity (Wildman–Crippen MR) is 178 cm³/mol. The lowest BCUT2D eigenvalue weighted by atomic mass is 10.1. The van der Waals surface area contributed by atoms with Gasteiger partial charge in [-0.25, -0.2) is 39.3 Å². The van der Waals surface area contributed by atoms with Gasteiger partial charge in [0, 0.05) is 6.54 Å². The number of ether oxygens (including phenoxy) is 4. The van der Waals surface area contributed by atoms with E-state index in [2.05, 4.69) is 47.5 Å². The number of aliphatic hydroxyl groups is 1. The van der Waals surface area contributed by atoms with Crippen molar-refractivity contribution < 1.29 is 56.4 Å². The minimum Gasteiger partial charge on any atom is -0.433 e. The second-order valence-corrected chi connectivity index (χ2v) is 16.9. The molecular weight excluding hydrogens is 760 g/mol. The van der Waals surface area contributed by atoms with Crippen LogP contribution < -0.4 is 16.8 Å². The fourth-order valence-corrected chi connectivity index (χ4v) is 8.61. The number of nitrogens with one attached hydrogen (secondary N) is 1. The maximum Gasteiger partial charge on any atom is 0.508 e. The van der Waals surface area contributed by atoms with Crippen LogP contribution in [0.3, 0.4) is 0 Å². The van der Waals surface area contributed by atoms with Crippen molar-refractivity contribution in [3.63, 3.8) is 0 Å². The summed E-state index contributed by atoms with van der Waals surface area (Å²) in [5.41, 5.74) is 12.8. The number of aromatic nitrogens is 8. The van der Waals surface area contributed by atoms with Crippen LogP contribution in [-0.4, -0.2) is 125 Å². The molecule has 3 aliphatic heterocycles. The van der Waals surface area contributed by atoms with Gasteiger partial charge in [-0.2, -0.15) is 0 Å². The molecular formula is C24H31N11O12P2S2. The van der Waals surface area contributed by atoms with Gasteiger partial charge in [0.1, 0.15) is 60.8 Å². The highest BCUT2D eigenvalue weighted by molar-refractivity contribution is 8.44. The molecule has 0 aliphatic carbocycles. The number of thiol groups is 1. The molecule has 10 atom stereocenters. The third kappa shape index (κ3) is 7.27. The van der Waals surface area contributed by atoms with Crippen molar-refractivity contribution in [1.82, 2.24) is 44.4 Å². The Morgan fingerprint density at radius 1 is 0.980 bits per heavy atom. The first-order valence-corrected chi connectivity index (χ1v) is 20.3. The number of carbonyl (C=O) groups is 1. The molecule has 4 aromatic heterocycles. The first-order chi connectivity index (χ1) is 24.4. The van der Waals surface area contributed by atoms with Crippen LogP contribution in [0, 0.1) is 0 Å². The Kier molecular flexibility index (Phi) is 10.2. The number of imidazole rings is 2. The zero-order valence-electron chi connectivity index (χ0n) is 26.2. The van der Waals surface area contributed by atoms with E-state index in [1.165, 1.54) is 34.4 Å². The summed E-state index contributed by atoms with van der Waals surface area (Å²) in [6.45, 7) is -9.60. The van der Waals surface area contributed by atoms with Crippen LogP contribution in [0.1, 0.15) is 12.5 Å². The van der Waals surface area contributed by atoms with E-state index in [4.69, 9.17) is 60.3 Å². The Balaban J connectivity index is 1.22. The van der Waals surface area contributed by atoms with E-state index in [0.717, 1.165) is 0 Å². The van der Waals surface area contributed by atoms with Crippen molar-refractivity contribution in [3.05, 3.63) is 25.3 Å². The van der Waals surface area contributed by atoms with E-state index < -0.39 is 82.0 Å². The number of carbonyl (C=O) groups excluding carboxylic acids is 1. The van der Waals surface area contributed by atoms with Gasteiger partial charge in [-0.05, 0) is 18.9 Å². The first kappa shape index (κ1) is 36.2. The molecule has 0 spiro atoms. The second kappa shape index (κ2) is 14.3. The van der Waals surface area contributed by atoms with E-state index in [9.17, 15) is 19.4 Å². The van der Waals surface area contributed by atoms with Gasteiger partial charge in [-0.3, -0.25) is 22.7 Å². The van der Waals surface area contributed by atoms with Gasteiger partial charge in [-0.1, -0.05) is 12.2 Å². The molecule has 2 unspecified atom stereocenters. The Labute approximate surface area is 297 Å². The maximum absolute atomic E-state index is 13.8. The summed E-state index contributed by atoms with van der Waals surface area (Å²) in [7, 11) is 1.66. The Morgan fingerprint density at radius 2 is 1.59 bits per heavy atom. The lowest BCUT2D eigenvalue weighted by Crippen LogP contribution is -2.39. The number of fused-ring (bicyclic) bond motifs is 5. The zero-order chi connectivity index (χ0) is 36.1. The molecule has 0 radical (unpaired) electrons. The average Bonchev–Trinajstić information content (AvgIpc) is 3.85. The molecule has 7 rings (SSSR count). The highest BCUT2D eigenvalue weighted by atomic mass is 32.7. The lowest BCUT2D eigenvalue weighted by Gasteiger charge is -2.28. The van der Waals surface area contributed by atoms with E-state index in [1.807, 2.05) is 0 Å². The molecule has 2 bridgehead atoms. The second-order valence-electron chi connectivity index (χ2n) is 11.2. The van der Waals surface area contributed by atoms with Gasteiger partial charge in [0.05, 0.1) is 25.9 Å². The van der Waals surface area contributed by atoms with Crippen LogP contribution in [0.4, 0.5) is 16.4 Å². The number of nitrogens with zero attached hydrogens (tertiary/aromatic N) is 8. The molecule has 0 aromatic carbocycles. The van der Waals surface area contributed by atoms with E-state index in [0.29, 0.717) is 6.54 Å². The third-order valence-corrected chi connectivity index (χ3v) is 11.2. The maximum atomic E-state index is 13.8. The summed E-state index contributed by atoms with van der Waals surface area (Å²) in [5, 5.41) is 14.1. The summed E-state index contributed by atoms with van der Waals surface area (Å²) in [6, 6.07) is 0. The lowest BCUT2D eigenvalue weighted by molar-refractivity contribution is -0.0638. The highest BCUT2D eigenvalue weighted by Crippen LogP contribution is 2.58. The number of nitrogens with two attached hydrogens (primary N) is 2. The summed E-state index contributed by atoms with van der Waals surface area (Å²) in [5.74, 6) is 0.143. The molecule has 23 nitrogen and oxygen atoms in total. The summed E-state index contributed by atoms with van der Waals surface area (Å²) in [4.78, 5) is 48.9. The minimum absolute atomic E-state index is 0.0521. The monoisotopic (exact) mass is 791 g/mol. The van der Waals surface area contributed by atoms with Crippen molar-refractivity contribution in [2.24, 2.45) is 0 Å².